The van der Waals surface area contributed by atoms with Gasteiger partial charge in [0.2, 0.25) is 0 Å². The minimum atomic E-state index is -0.0642. The second-order valence-electron chi connectivity index (χ2n) is 6.85. The lowest BCUT2D eigenvalue weighted by Gasteiger charge is -2.33. The molecule has 1 atom stereocenters. The van der Waals surface area contributed by atoms with E-state index in [-0.39, 0.29) is 17.5 Å². The van der Waals surface area contributed by atoms with Crippen molar-refractivity contribution >= 4 is 16.8 Å². The van der Waals surface area contributed by atoms with Gasteiger partial charge in [0, 0.05) is 13.1 Å². The topological polar surface area (TPSA) is 68.3 Å². The van der Waals surface area contributed by atoms with E-state index in [2.05, 4.69) is 4.98 Å². The number of likely N-dealkylation sites (tertiary alicyclic amines) is 1. The van der Waals surface area contributed by atoms with Crippen LogP contribution in [0.15, 0.2) is 45.9 Å². The number of aromatic nitrogens is 2. The van der Waals surface area contributed by atoms with Gasteiger partial charge in [0.1, 0.15) is 11.5 Å². The van der Waals surface area contributed by atoms with Crippen LogP contribution in [0.4, 0.5) is 0 Å². The molecule has 0 spiro atoms. The van der Waals surface area contributed by atoms with Crippen LogP contribution in [0, 0.1) is 13.8 Å². The molecule has 0 saturated carbocycles. The van der Waals surface area contributed by atoms with Gasteiger partial charge in [-0.3, -0.25) is 14.2 Å². The molecule has 6 nitrogen and oxygen atoms in total. The first-order valence-electron chi connectivity index (χ1n) is 8.87. The fourth-order valence-corrected chi connectivity index (χ4v) is 3.72. The van der Waals surface area contributed by atoms with Crippen LogP contribution in [0.3, 0.4) is 0 Å². The highest BCUT2D eigenvalue weighted by Crippen LogP contribution is 2.24. The Bertz CT molecular complexity index is 1030. The van der Waals surface area contributed by atoms with Crippen molar-refractivity contribution in [2.24, 2.45) is 0 Å². The molecule has 3 heterocycles. The van der Waals surface area contributed by atoms with Gasteiger partial charge in [-0.25, -0.2) is 4.98 Å². The van der Waals surface area contributed by atoms with E-state index >= 15 is 0 Å². The Morgan fingerprint density at radius 3 is 2.85 bits per heavy atom. The van der Waals surface area contributed by atoms with Crippen molar-refractivity contribution in [2.45, 2.75) is 32.7 Å². The maximum atomic E-state index is 12.9. The minimum Gasteiger partial charge on any atom is -0.466 e. The molecule has 4 rings (SSSR count). The molecule has 2 aromatic heterocycles. The van der Waals surface area contributed by atoms with Crippen LogP contribution in [0.2, 0.25) is 0 Å². The fraction of sp³-hybridized carbons (Fsp3) is 0.350. The van der Waals surface area contributed by atoms with Crippen LogP contribution < -0.4 is 5.56 Å². The average Bonchev–Trinajstić information content (AvgIpc) is 3.00. The summed E-state index contributed by atoms with van der Waals surface area (Å²) in [6, 6.07) is 9.06. The van der Waals surface area contributed by atoms with E-state index in [0.717, 1.165) is 18.6 Å². The molecule has 0 unspecified atom stereocenters. The van der Waals surface area contributed by atoms with Crippen LogP contribution in [-0.4, -0.2) is 33.4 Å². The number of carbonyl (C=O) groups excluding carboxylic acids is 1. The van der Waals surface area contributed by atoms with E-state index in [1.165, 1.54) is 0 Å². The average molecular weight is 351 g/mol. The smallest absolute Gasteiger partial charge is 0.261 e. The Morgan fingerprint density at radius 1 is 1.27 bits per heavy atom. The van der Waals surface area contributed by atoms with E-state index in [1.807, 2.05) is 30.0 Å². The molecule has 1 amide bonds. The lowest BCUT2D eigenvalue weighted by molar-refractivity contribution is 0.0675. The first-order valence-corrected chi connectivity index (χ1v) is 8.87. The van der Waals surface area contributed by atoms with Gasteiger partial charge in [0.15, 0.2) is 0 Å². The van der Waals surface area contributed by atoms with E-state index in [9.17, 15) is 9.59 Å². The van der Waals surface area contributed by atoms with Crippen molar-refractivity contribution in [3.05, 3.63) is 64.1 Å². The Kier molecular flexibility index (Phi) is 4.11. The van der Waals surface area contributed by atoms with Gasteiger partial charge in [-0.05, 0) is 44.9 Å². The predicted molar refractivity (Wildman–Crippen MR) is 98.4 cm³/mol. The number of aryl methyl sites for hydroxylation is 2. The normalized spacial score (nSPS) is 17.6. The Balaban J connectivity index is 1.63. The summed E-state index contributed by atoms with van der Waals surface area (Å²) < 4.78 is 7.17. The fourth-order valence-electron chi connectivity index (χ4n) is 3.72. The van der Waals surface area contributed by atoms with Gasteiger partial charge < -0.3 is 9.32 Å². The number of fused-ring (bicyclic) bond motifs is 1. The number of benzene rings is 1. The van der Waals surface area contributed by atoms with E-state index in [0.29, 0.717) is 35.3 Å². The monoisotopic (exact) mass is 351 g/mol. The summed E-state index contributed by atoms with van der Waals surface area (Å²) >= 11 is 0. The molecule has 1 fully saturated rings. The van der Waals surface area contributed by atoms with E-state index in [4.69, 9.17) is 4.42 Å². The third-order valence-corrected chi connectivity index (χ3v) is 5.04. The van der Waals surface area contributed by atoms with Gasteiger partial charge in [-0.2, -0.15) is 0 Å². The standard InChI is InChI=1S/C20H21N3O3/c1-13-10-17(14(2)26-13)19(24)22-9-5-6-15(11-22)23-12-21-18-8-4-3-7-16(18)20(23)25/h3-4,7-8,10,12,15H,5-6,9,11H2,1-2H3/t15-/m1/s1. The molecule has 0 bridgehead atoms. The van der Waals surface area contributed by atoms with Crippen LogP contribution >= 0.6 is 0 Å². The summed E-state index contributed by atoms with van der Waals surface area (Å²) in [5.41, 5.74) is 1.25. The zero-order valence-electron chi connectivity index (χ0n) is 14.9. The third kappa shape index (κ3) is 2.81. The molecule has 26 heavy (non-hydrogen) atoms. The molecule has 1 aliphatic rings. The second-order valence-corrected chi connectivity index (χ2v) is 6.85. The number of piperidine rings is 1. The maximum Gasteiger partial charge on any atom is 0.261 e. The zero-order chi connectivity index (χ0) is 18.3. The van der Waals surface area contributed by atoms with Crippen LogP contribution in [0.1, 0.15) is 40.8 Å². The summed E-state index contributed by atoms with van der Waals surface area (Å²) in [5.74, 6) is 1.33. The highest BCUT2D eigenvalue weighted by Gasteiger charge is 2.28. The highest BCUT2D eigenvalue weighted by molar-refractivity contribution is 5.95. The van der Waals surface area contributed by atoms with Gasteiger partial charge in [0.25, 0.3) is 11.5 Å². The maximum absolute atomic E-state index is 12.9. The van der Waals surface area contributed by atoms with Crippen molar-refractivity contribution in [2.75, 3.05) is 13.1 Å². The van der Waals surface area contributed by atoms with Crippen LogP contribution in [0.25, 0.3) is 10.9 Å². The lowest BCUT2D eigenvalue weighted by Crippen LogP contribution is -2.43. The summed E-state index contributed by atoms with van der Waals surface area (Å²) in [6.45, 7) is 4.83. The van der Waals surface area contributed by atoms with Crippen molar-refractivity contribution in [1.82, 2.24) is 14.5 Å². The molecule has 1 saturated heterocycles. The van der Waals surface area contributed by atoms with Crippen molar-refractivity contribution in [3.8, 4) is 0 Å². The molecule has 1 aromatic carbocycles. The molecule has 6 heteroatoms. The molecule has 134 valence electrons. The number of furan rings is 1. The van der Waals surface area contributed by atoms with Gasteiger partial charge in [-0.15, -0.1) is 0 Å². The molecule has 0 radical (unpaired) electrons. The minimum absolute atomic E-state index is 0.0363. The molecular formula is C20H21N3O3. The Morgan fingerprint density at radius 2 is 2.08 bits per heavy atom. The number of amides is 1. The predicted octanol–water partition coefficient (Wildman–Crippen LogP) is 3.08. The van der Waals surface area contributed by atoms with Gasteiger partial charge in [-0.1, -0.05) is 12.1 Å². The van der Waals surface area contributed by atoms with Crippen molar-refractivity contribution in [1.29, 1.82) is 0 Å². The number of hydrogen-bond acceptors (Lipinski definition) is 4. The van der Waals surface area contributed by atoms with E-state index < -0.39 is 0 Å². The first-order chi connectivity index (χ1) is 12.5. The SMILES string of the molecule is Cc1cc(C(=O)N2CCC[C@@H](n3cnc4ccccc4c3=O)C2)c(C)o1. The summed E-state index contributed by atoms with van der Waals surface area (Å²) in [5, 5.41) is 0.611. The molecule has 0 aliphatic carbocycles. The second kappa shape index (κ2) is 6.44. The quantitative estimate of drug-likeness (QED) is 0.711. The zero-order valence-corrected chi connectivity index (χ0v) is 14.9. The van der Waals surface area contributed by atoms with Crippen molar-refractivity contribution in [3.63, 3.8) is 0 Å². The molecule has 1 aliphatic heterocycles. The van der Waals surface area contributed by atoms with E-state index in [1.54, 1.807) is 30.0 Å². The summed E-state index contributed by atoms with van der Waals surface area (Å²) in [7, 11) is 0. The van der Waals surface area contributed by atoms with Crippen LogP contribution in [0.5, 0.6) is 0 Å². The molecular weight excluding hydrogens is 330 g/mol. The number of carbonyl (C=O) groups is 1. The first kappa shape index (κ1) is 16.6. The van der Waals surface area contributed by atoms with Gasteiger partial charge in [0.05, 0.1) is 28.8 Å². The molecule has 0 N–H and O–H groups in total. The van der Waals surface area contributed by atoms with Crippen molar-refractivity contribution < 1.29 is 9.21 Å². The number of nitrogens with zero attached hydrogens (tertiary/aromatic N) is 3. The number of hydrogen-bond donors (Lipinski definition) is 0. The third-order valence-electron chi connectivity index (χ3n) is 5.04. The number of rotatable bonds is 2. The number of para-hydroxylation sites is 1. The highest BCUT2D eigenvalue weighted by atomic mass is 16.3. The lowest BCUT2D eigenvalue weighted by atomic mass is 10.0. The van der Waals surface area contributed by atoms with Crippen LogP contribution in [-0.2, 0) is 0 Å². The summed E-state index contributed by atoms with van der Waals surface area (Å²) in [6.07, 6.45) is 3.31. The Labute approximate surface area is 151 Å². The van der Waals surface area contributed by atoms with Gasteiger partial charge >= 0.3 is 0 Å². The largest absolute Gasteiger partial charge is 0.466 e. The molecule has 3 aromatic rings. The summed E-state index contributed by atoms with van der Waals surface area (Å²) in [4.78, 5) is 31.9. The Hall–Kier alpha value is -2.89.